The van der Waals surface area contributed by atoms with E-state index in [1.807, 2.05) is 6.07 Å². The summed E-state index contributed by atoms with van der Waals surface area (Å²) < 4.78 is 25.8. The Bertz CT molecular complexity index is 650. The van der Waals surface area contributed by atoms with Crippen molar-refractivity contribution in [1.29, 1.82) is 5.26 Å². The van der Waals surface area contributed by atoms with Crippen LogP contribution in [0.2, 0.25) is 0 Å². The number of hydrogen-bond acceptors (Lipinski definition) is 5. The van der Waals surface area contributed by atoms with Crippen molar-refractivity contribution in [2.75, 3.05) is 6.54 Å². The lowest BCUT2D eigenvalue weighted by molar-refractivity contribution is -0.385. The number of sulfonamides is 1. The first kappa shape index (κ1) is 13.5. The Hall–Kier alpha value is -1.98. The van der Waals surface area contributed by atoms with Gasteiger partial charge < -0.3 is 0 Å². The maximum atomic E-state index is 12.3. The summed E-state index contributed by atoms with van der Waals surface area (Å²) in [7, 11) is -3.85. The molecule has 0 aliphatic carbocycles. The van der Waals surface area contributed by atoms with E-state index in [4.69, 9.17) is 5.26 Å². The van der Waals surface area contributed by atoms with Crippen molar-refractivity contribution in [3.8, 4) is 6.07 Å². The van der Waals surface area contributed by atoms with Crippen LogP contribution in [0.5, 0.6) is 0 Å². The van der Waals surface area contributed by atoms with Gasteiger partial charge in [-0.15, -0.1) is 0 Å². The third kappa shape index (κ3) is 2.43. The molecule has 0 bridgehead atoms. The van der Waals surface area contributed by atoms with Gasteiger partial charge in [-0.25, -0.2) is 8.42 Å². The number of hydrogen-bond donors (Lipinski definition) is 0. The molecule has 0 amide bonds. The zero-order valence-corrected chi connectivity index (χ0v) is 10.7. The molecule has 7 nitrogen and oxygen atoms in total. The van der Waals surface area contributed by atoms with Crippen LogP contribution in [-0.2, 0) is 10.0 Å². The Kier molecular flexibility index (Phi) is 3.50. The van der Waals surface area contributed by atoms with Crippen molar-refractivity contribution in [3.05, 3.63) is 34.4 Å². The van der Waals surface area contributed by atoms with Crippen LogP contribution in [0.4, 0.5) is 5.69 Å². The summed E-state index contributed by atoms with van der Waals surface area (Å²) in [6, 6.07) is 6.12. The summed E-state index contributed by atoms with van der Waals surface area (Å²) >= 11 is 0. The largest absolute Gasteiger partial charge is 0.270 e. The van der Waals surface area contributed by atoms with Gasteiger partial charge >= 0.3 is 0 Å². The minimum Gasteiger partial charge on any atom is -0.258 e. The molecular weight excluding hydrogens is 270 g/mol. The second-order valence-electron chi connectivity index (χ2n) is 4.16. The summed E-state index contributed by atoms with van der Waals surface area (Å²) in [4.78, 5) is 9.87. The molecule has 19 heavy (non-hydrogen) atoms. The average Bonchev–Trinajstić information content (AvgIpc) is 2.88. The van der Waals surface area contributed by atoms with Gasteiger partial charge in [0.2, 0.25) is 10.0 Å². The van der Waals surface area contributed by atoms with E-state index in [-0.39, 0.29) is 17.1 Å². The van der Waals surface area contributed by atoms with Gasteiger partial charge in [0.1, 0.15) is 6.04 Å². The van der Waals surface area contributed by atoms with Crippen LogP contribution in [-0.4, -0.2) is 30.2 Å². The number of benzene rings is 1. The van der Waals surface area contributed by atoms with Crippen molar-refractivity contribution in [3.63, 3.8) is 0 Å². The molecule has 0 saturated carbocycles. The molecule has 1 aromatic rings. The molecule has 1 fully saturated rings. The van der Waals surface area contributed by atoms with Crippen LogP contribution in [0.25, 0.3) is 0 Å². The Labute approximate surface area is 110 Å². The highest BCUT2D eigenvalue weighted by Crippen LogP contribution is 2.27. The average molecular weight is 281 g/mol. The van der Waals surface area contributed by atoms with Crippen LogP contribution in [0.3, 0.4) is 0 Å². The standard InChI is InChI=1S/C11H11N3O4S/c12-8-10-4-2-6-13(10)19(17,18)11-5-1-3-9(7-11)14(15)16/h1,3,5,7,10H,2,4,6H2. The number of rotatable bonds is 3. The third-order valence-electron chi connectivity index (χ3n) is 2.99. The van der Waals surface area contributed by atoms with Crippen LogP contribution >= 0.6 is 0 Å². The number of nitro benzene ring substituents is 1. The van der Waals surface area contributed by atoms with E-state index in [0.717, 1.165) is 10.4 Å². The van der Waals surface area contributed by atoms with Crippen molar-refractivity contribution in [2.45, 2.75) is 23.8 Å². The highest BCUT2D eigenvalue weighted by atomic mass is 32.2. The topological polar surface area (TPSA) is 104 Å². The van der Waals surface area contributed by atoms with Gasteiger partial charge in [0.25, 0.3) is 5.69 Å². The Morgan fingerprint density at radius 2 is 2.21 bits per heavy atom. The van der Waals surface area contributed by atoms with Gasteiger partial charge in [0.05, 0.1) is 15.9 Å². The molecule has 0 N–H and O–H groups in total. The molecule has 1 aromatic carbocycles. The zero-order chi connectivity index (χ0) is 14.0. The second kappa shape index (κ2) is 4.95. The van der Waals surface area contributed by atoms with Crippen molar-refractivity contribution in [1.82, 2.24) is 4.31 Å². The van der Waals surface area contributed by atoms with Gasteiger partial charge in [0, 0.05) is 18.7 Å². The lowest BCUT2D eigenvalue weighted by atomic mass is 10.2. The first-order chi connectivity index (χ1) is 8.96. The minimum atomic E-state index is -3.85. The third-order valence-corrected chi connectivity index (χ3v) is 4.89. The molecule has 1 heterocycles. The van der Waals surface area contributed by atoms with Crippen LogP contribution in [0.1, 0.15) is 12.8 Å². The molecule has 0 spiro atoms. The van der Waals surface area contributed by atoms with Crippen LogP contribution in [0.15, 0.2) is 29.2 Å². The van der Waals surface area contributed by atoms with Gasteiger partial charge in [-0.3, -0.25) is 10.1 Å². The smallest absolute Gasteiger partial charge is 0.258 e. The molecule has 1 unspecified atom stereocenters. The quantitative estimate of drug-likeness (QED) is 0.613. The molecule has 1 atom stereocenters. The molecule has 8 heteroatoms. The molecular formula is C11H11N3O4S. The van der Waals surface area contributed by atoms with Gasteiger partial charge in [0.15, 0.2) is 0 Å². The highest BCUT2D eigenvalue weighted by Gasteiger charge is 2.35. The normalized spacial score (nSPS) is 20.1. The predicted octanol–water partition coefficient (Wildman–Crippen LogP) is 1.27. The SMILES string of the molecule is N#CC1CCCN1S(=O)(=O)c1cccc([N+](=O)[O-])c1. The van der Waals surface area contributed by atoms with E-state index < -0.39 is 21.0 Å². The van der Waals surface area contributed by atoms with E-state index >= 15 is 0 Å². The lowest BCUT2D eigenvalue weighted by Crippen LogP contribution is -2.34. The van der Waals surface area contributed by atoms with Crippen LogP contribution in [0, 0.1) is 21.4 Å². The summed E-state index contributed by atoms with van der Waals surface area (Å²) in [6.45, 7) is 0.267. The van der Waals surface area contributed by atoms with Crippen molar-refractivity contribution in [2.24, 2.45) is 0 Å². The Morgan fingerprint density at radius 3 is 2.84 bits per heavy atom. The summed E-state index contributed by atoms with van der Waals surface area (Å²) in [5.74, 6) is 0. The van der Waals surface area contributed by atoms with E-state index in [2.05, 4.69) is 0 Å². The highest BCUT2D eigenvalue weighted by molar-refractivity contribution is 7.89. The van der Waals surface area contributed by atoms with E-state index in [0.29, 0.717) is 12.8 Å². The van der Waals surface area contributed by atoms with Crippen molar-refractivity contribution >= 4 is 15.7 Å². The molecule has 1 aliphatic heterocycles. The first-order valence-corrected chi connectivity index (χ1v) is 7.07. The van der Waals surface area contributed by atoms with Gasteiger partial charge in [-0.1, -0.05) is 6.07 Å². The zero-order valence-electron chi connectivity index (χ0n) is 9.89. The molecule has 100 valence electrons. The Balaban J connectivity index is 2.43. The number of nitro groups is 1. The molecule has 2 rings (SSSR count). The minimum absolute atomic E-state index is 0.149. The summed E-state index contributed by atoms with van der Waals surface area (Å²) in [6.07, 6.45) is 1.11. The maximum absolute atomic E-state index is 12.3. The fourth-order valence-electron chi connectivity index (χ4n) is 2.05. The van der Waals surface area contributed by atoms with E-state index in [9.17, 15) is 18.5 Å². The van der Waals surface area contributed by atoms with E-state index in [1.165, 1.54) is 18.2 Å². The lowest BCUT2D eigenvalue weighted by Gasteiger charge is -2.18. The summed E-state index contributed by atoms with van der Waals surface area (Å²) in [5.41, 5.74) is -0.284. The number of nitriles is 1. The van der Waals surface area contributed by atoms with Crippen LogP contribution < -0.4 is 0 Å². The molecule has 1 saturated heterocycles. The Morgan fingerprint density at radius 1 is 1.47 bits per heavy atom. The van der Waals surface area contributed by atoms with Gasteiger partial charge in [-0.2, -0.15) is 9.57 Å². The molecule has 1 aliphatic rings. The first-order valence-electron chi connectivity index (χ1n) is 5.63. The molecule has 0 aromatic heterocycles. The second-order valence-corrected chi connectivity index (χ2v) is 6.05. The van der Waals surface area contributed by atoms with E-state index in [1.54, 1.807) is 0 Å². The predicted molar refractivity (Wildman–Crippen MR) is 65.6 cm³/mol. The monoisotopic (exact) mass is 281 g/mol. The molecule has 0 radical (unpaired) electrons. The number of non-ortho nitro benzene ring substituents is 1. The van der Waals surface area contributed by atoms with Gasteiger partial charge in [-0.05, 0) is 18.9 Å². The fourth-order valence-corrected chi connectivity index (χ4v) is 3.70. The number of nitrogens with zero attached hydrogens (tertiary/aromatic N) is 3. The fraction of sp³-hybridized carbons (Fsp3) is 0.364. The summed E-state index contributed by atoms with van der Waals surface area (Å²) in [5, 5.41) is 19.6. The van der Waals surface area contributed by atoms with Crippen molar-refractivity contribution < 1.29 is 13.3 Å². The maximum Gasteiger partial charge on any atom is 0.270 e.